The first-order valence-corrected chi connectivity index (χ1v) is 12.3. The van der Waals surface area contributed by atoms with E-state index in [-0.39, 0.29) is 12.1 Å². The number of rotatable bonds is 6. The highest BCUT2D eigenvalue weighted by Crippen LogP contribution is 2.44. The van der Waals surface area contributed by atoms with Gasteiger partial charge in [-0.15, -0.1) is 0 Å². The van der Waals surface area contributed by atoms with Crippen LogP contribution in [-0.2, 0) is 6.54 Å². The van der Waals surface area contributed by atoms with E-state index in [1.54, 1.807) is 7.11 Å². The molecule has 0 aliphatic carbocycles. The quantitative estimate of drug-likeness (QED) is 0.309. The van der Waals surface area contributed by atoms with Gasteiger partial charge in [0.25, 0.3) is 0 Å². The number of nitrogens with one attached hydrogen (secondary N) is 1. The standard InChI is InChI=1S/C28H27ClN4OS/c1-18-15-22(19(2)32(18)17-20-9-5-4-6-10-20)27-26(24-11-7-8-14-30-24)31-28(35)33(27)21-12-13-25(34-3)23(29)16-21/h4-16,26-27H,17H2,1-3H3,(H,31,35)/t26-,27-/m0/s1. The Labute approximate surface area is 216 Å². The van der Waals surface area contributed by atoms with Gasteiger partial charge in [0.1, 0.15) is 5.75 Å². The van der Waals surface area contributed by atoms with Crippen LogP contribution in [0, 0.1) is 13.8 Å². The van der Waals surface area contributed by atoms with Gasteiger partial charge in [0.15, 0.2) is 5.11 Å². The number of nitrogens with zero attached hydrogens (tertiary/aromatic N) is 3. The minimum absolute atomic E-state index is 0.0995. The highest BCUT2D eigenvalue weighted by molar-refractivity contribution is 7.80. The second-order valence-corrected chi connectivity index (χ2v) is 9.51. The number of methoxy groups -OCH3 is 1. The van der Waals surface area contributed by atoms with E-state index in [0.717, 1.165) is 17.9 Å². The van der Waals surface area contributed by atoms with Crippen LogP contribution >= 0.6 is 23.8 Å². The summed E-state index contributed by atoms with van der Waals surface area (Å²) >= 11 is 12.4. The van der Waals surface area contributed by atoms with Crippen LogP contribution in [0.1, 0.15) is 40.3 Å². The molecule has 0 amide bonds. The fourth-order valence-electron chi connectivity index (χ4n) is 4.89. The van der Waals surface area contributed by atoms with E-state index in [1.165, 1.54) is 22.5 Å². The van der Waals surface area contributed by atoms with E-state index in [2.05, 4.69) is 63.9 Å². The van der Waals surface area contributed by atoms with Crippen molar-refractivity contribution in [3.8, 4) is 5.75 Å². The minimum Gasteiger partial charge on any atom is -0.495 e. The molecular weight excluding hydrogens is 476 g/mol. The molecule has 1 aliphatic heterocycles. The molecule has 0 radical (unpaired) electrons. The van der Waals surface area contributed by atoms with Crippen LogP contribution in [0.15, 0.2) is 79.0 Å². The van der Waals surface area contributed by atoms with Gasteiger partial charge in [-0.1, -0.05) is 48.0 Å². The third-order valence-electron chi connectivity index (χ3n) is 6.63. The zero-order valence-corrected chi connectivity index (χ0v) is 21.5. The Hall–Kier alpha value is -3.35. The van der Waals surface area contributed by atoms with E-state index < -0.39 is 0 Å². The number of ether oxygens (including phenoxy) is 1. The first-order valence-electron chi connectivity index (χ1n) is 11.5. The number of aryl methyl sites for hydroxylation is 1. The Balaban J connectivity index is 1.62. The van der Waals surface area contributed by atoms with Crippen LogP contribution in [0.3, 0.4) is 0 Å². The summed E-state index contributed by atoms with van der Waals surface area (Å²) in [5, 5.41) is 4.71. The SMILES string of the molecule is COc1ccc(N2C(=S)N[C@@H](c3ccccn3)[C@@H]2c2cc(C)n(Cc3ccccc3)c2C)cc1Cl. The minimum atomic E-state index is -0.116. The van der Waals surface area contributed by atoms with Gasteiger partial charge in [-0.05, 0) is 73.6 Å². The van der Waals surface area contributed by atoms with E-state index in [4.69, 9.17) is 28.6 Å². The molecule has 3 heterocycles. The van der Waals surface area contributed by atoms with Gasteiger partial charge in [0, 0.05) is 29.8 Å². The molecule has 0 bridgehead atoms. The van der Waals surface area contributed by atoms with Crippen LogP contribution < -0.4 is 15.0 Å². The predicted molar refractivity (Wildman–Crippen MR) is 145 cm³/mol. The van der Waals surface area contributed by atoms with Crippen molar-refractivity contribution in [2.75, 3.05) is 12.0 Å². The number of hydrogen-bond donors (Lipinski definition) is 1. The molecule has 5 nitrogen and oxygen atoms in total. The maximum absolute atomic E-state index is 6.52. The van der Waals surface area contributed by atoms with Gasteiger partial charge < -0.3 is 19.5 Å². The van der Waals surface area contributed by atoms with Gasteiger partial charge in [-0.25, -0.2) is 0 Å². The summed E-state index contributed by atoms with van der Waals surface area (Å²) in [5.74, 6) is 0.632. The topological polar surface area (TPSA) is 42.3 Å². The second-order valence-electron chi connectivity index (χ2n) is 8.71. The number of benzene rings is 2. The molecule has 2 aromatic carbocycles. The van der Waals surface area contributed by atoms with E-state index in [9.17, 15) is 0 Å². The molecule has 178 valence electrons. The Kier molecular flexibility index (Phi) is 6.50. The lowest BCUT2D eigenvalue weighted by molar-refractivity contribution is 0.415. The lowest BCUT2D eigenvalue weighted by Crippen LogP contribution is -2.29. The van der Waals surface area contributed by atoms with Gasteiger partial charge >= 0.3 is 0 Å². The average molecular weight is 503 g/mol. The smallest absolute Gasteiger partial charge is 0.174 e. The van der Waals surface area contributed by atoms with Crippen molar-refractivity contribution >= 4 is 34.6 Å². The fraction of sp³-hybridized carbons (Fsp3) is 0.214. The van der Waals surface area contributed by atoms with Crippen LogP contribution in [0.25, 0.3) is 0 Å². The summed E-state index contributed by atoms with van der Waals surface area (Å²) in [5.41, 5.74) is 6.72. The average Bonchev–Trinajstić information content (AvgIpc) is 3.36. The zero-order valence-electron chi connectivity index (χ0n) is 19.9. The van der Waals surface area contributed by atoms with Crippen LogP contribution in [0.5, 0.6) is 5.75 Å². The van der Waals surface area contributed by atoms with E-state index in [1.807, 2.05) is 48.7 Å². The molecule has 1 saturated heterocycles. The summed E-state index contributed by atoms with van der Waals surface area (Å²) < 4.78 is 7.74. The molecule has 5 rings (SSSR count). The van der Waals surface area contributed by atoms with Crippen LogP contribution in [-0.4, -0.2) is 21.8 Å². The molecule has 2 atom stereocenters. The van der Waals surface area contributed by atoms with Crippen molar-refractivity contribution < 1.29 is 4.74 Å². The molecule has 0 unspecified atom stereocenters. The Morgan fingerprint density at radius 3 is 2.49 bits per heavy atom. The largest absolute Gasteiger partial charge is 0.495 e. The Bertz CT molecular complexity index is 1360. The van der Waals surface area contributed by atoms with Gasteiger partial charge in [-0.2, -0.15) is 0 Å². The second kappa shape index (κ2) is 9.72. The Morgan fingerprint density at radius 2 is 1.80 bits per heavy atom. The number of halogens is 1. The molecule has 7 heteroatoms. The molecule has 1 aliphatic rings. The molecule has 4 aromatic rings. The lowest BCUT2D eigenvalue weighted by Gasteiger charge is -2.28. The summed E-state index contributed by atoms with van der Waals surface area (Å²) in [7, 11) is 1.62. The molecule has 35 heavy (non-hydrogen) atoms. The number of pyridine rings is 1. The fourth-order valence-corrected chi connectivity index (χ4v) is 5.49. The van der Waals surface area contributed by atoms with Crippen molar-refractivity contribution in [2.24, 2.45) is 0 Å². The van der Waals surface area contributed by atoms with Crippen LogP contribution in [0.4, 0.5) is 5.69 Å². The maximum atomic E-state index is 6.52. The van der Waals surface area contributed by atoms with Crippen molar-refractivity contribution in [1.29, 1.82) is 0 Å². The maximum Gasteiger partial charge on any atom is 0.174 e. The van der Waals surface area contributed by atoms with Crippen LogP contribution in [0.2, 0.25) is 5.02 Å². The summed E-state index contributed by atoms with van der Waals surface area (Å²) in [4.78, 5) is 6.82. The highest BCUT2D eigenvalue weighted by atomic mass is 35.5. The predicted octanol–water partition coefficient (Wildman–Crippen LogP) is 6.39. The molecule has 2 aromatic heterocycles. The normalized spacial score (nSPS) is 17.5. The third kappa shape index (κ3) is 4.40. The number of aromatic nitrogens is 2. The summed E-state index contributed by atoms with van der Waals surface area (Å²) in [6.07, 6.45) is 1.82. The Morgan fingerprint density at radius 1 is 1.03 bits per heavy atom. The highest BCUT2D eigenvalue weighted by Gasteiger charge is 2.42. The third-order valence-corrected chi connectivity index (χ3v) is 7.24. The van der Waals surface area contributed by atoms with Crippen molar-refractivity contribution in [3.05, 3.63) is 112 Å². The van der Waals surface area contributed by atoms with Gasteiger partial charge in [0.05, 0.1) is 29.9 Å². The van der Waals surface area contributed by atoms with E-state index >= 15 is 0 Å². The first-order chi connectivity index (χ1) is 17.0. The van der Waals surface area contributed by atoms with E-state index in [0.29, 0.717) is 15.9 Å². The van der Waals surface area contributed by atoms with Crippen molar-refractivity contribution in [1.82, 2.24) is 14.9 Å². The number of thiocarbonyl (C=S) groups is 1. The summed E-state index contributed by atoms with van der Waals surface area (Å²) in [6, 6.07) is 24.3. The molecule has 0 saturated carbocycles. The monoisotopic (exact) mass is 502 g/mol. The van der Waals surface area contributed by atoms with Gasteiger partial charge in [0.2, 0.25) is 0 Å². The molecule has 1 fully saturated rings. The number of anilines is 1. The first kappa shape index (κ1) is 23.4. The van der Waals surface area contributed by atoms with Gasteiger partial charge in [-0.3, -0.25) is 4.98 Å². The molecular formula is C28H27ClN4OS. The summed E-state index contributed by atoms with van der Waals surface area (Å²) in [6.45, 7) is 5.15. The lowest BCUT2D eigenvalue weighted by atomic mass is 9.96. The molecule has 0 spiro atoms. The number of hydrogen-bond acceptors (Lipinski definition) is 3. The molecule has 1 N–H and O–H groups in total. The zero-order chi connectivity index (χ0) is 24.5. The van der Waals surface area contributed by atoms with Crippen molar-refractivity contribution in [2.45, 2.75) is 32.5 Å². The van der Waals surface area contributed by atoms with Crippen molar-refractivity contribution in [3.63, 3.8) is 0 Å².